The zero-order valence-electron chi connectivity index (χ0n) is 21.7. The van der Waals surface area contributed by atoms with E-state index in [0.29, 0.717) is 43.8 Å². The summed E-state index contributed by atoms with van der Waals surface area (Å²) in [4.78, 5) is 20.3. The molecule has 1 saturated heterocycles. The number of nitrogens with one attached hydrogen (secondary N) is 2. The number of anilines is 3. The molecule has 0 aliphatic carbocycles. The highest BCUT2D eigenvalue weighted by molar-refractivity contribution is 5.97. The molecule has 5 N–H and O–H groups in total. The molecule has 0 aromatic carbocycles. The molecule has 0 saturated carbocycles. The number of piperidine rings is 1. The SMILES string of the molecule is COCCOC(=N)c1cc(N2CCC(N(C)C(O)Nc3cc(C(F)(F)F)cn(C)c3=O)C[C@H]2C)cnc1N. The molecule has 2 aromatic rings. The van der Waals surface area contributed by atoms with Crippen LogP contribution in [0.2, 0.25) is 0 Å². The monoisotopic (exact) mass is 541 g/mol. The molecule has 2 aromatic heterocycles. The van der Waals surface area contributed by atoms with E-state index < -0.39 is 23.7 Å². The van der Waals surface area contributed by atoms with Gasteiger partial charge in [0.2, 0.25) is 5.90 Å². The Bertz CT molecular complexity index is 1190. The second-order valence-electron chi connectivity index (χ2n) is 9.26. The zero-order valence-corrected chi connectivity index (χ0v) is 21.7. The van der Waals surface area contributed by atoms with Gasteiger partial charge in [0.25, 0.3) is 5.56 Å². The minimum Gasteiger partial charge on any atom is -0.475 e. The quantitative estimate of drug-likeness (QED) is 0.162. The number of aryl methyl sites for hydroxylation is 1. The van der Waals surface area contributed by atoms with Crippen LogP contribution >= 0.6 is 0 Å². The van der Waals surface area contributed by atoms with Gasteiger partial charge in [0.1, 0.15) is 18.1 Å². The molecule has 210 valence electrons. The van der Waals surface area contributed by atoms with Crippen LogP contribution in [0.25, 0.3) is 0 Å². The lowest BCUT2D eigenvalue weighted by Gasteiger charge is -2.43. The number of ether oxygens (including phenoxy) is 2. The second kappa shape index (κ2) is 12.0. The van der Waals surface area contributed by atoms with Gasteiger partial charge in [-0.1, -0.05) is 0 Å². The third kappa shape index (κ3) is 6.74. The Morgan fingerprint density at radius 2 is 2.11 bits per heavy atom. The van der Waals surface area contributed by atoms with Crippen molar-refractivity contribution >= 4 is 23.1 Å². The van der Waals surface area contributed by atoms with Crippen molar-refractivity contribution in [2.24, 2.45) is 7.05 Å². The Labute approximate surface area is 218 Å². The molecule has 11 nitrogen and oxygen atoms in total. The first-order valence-electron chi connectivity index (χ1n) is 12.0. The third-order valence-electron chi connectivity index (χ3n) is 6.62. The average molecular weight is 542 g/mol. The summed E-state index contributed by atoms with van der Waals surface area (Å²) in [5.74, 6) is 0.0690. The van der Waals surface area contributed by atoms with Crippen LogP contribution in [0, 0.1) is 5.41 Å². The van der Waals surface area contributed by atoms with E-state index in [1.807, 2.05) is 6.92 Å². The van der Waals surface area contributed by atoms with E-state index in [-0.39, 0.29) is 36.1 Å². The lowest BCUT2D eigenvalue weighted by atomic mass is 9.96. The molecule has 2 unspecified atom stereocenters. The molecule has 14 heteroatoms. The van der Waals surface area contributed by atoms with Crippen molar-refractivity contribution in [1.82, 2.24) is 14.5 Å². The molecule has 1 aliphatic heterocycles. The number of nitrogens with zero attached hydrogens (tertiary/aromatic N) is 4. The molecule has 3 heterocycles. The largest absolute Gasteiger partial charge is 0.475 e. The van der Waals surface area contributed by atoms with E-state index in [4.69, 9.17) is 20.6 Å². The molecule has 0 amide bonds. The van der Waals surface area contributed by atoms with Gasteiger partial charge in [-0.25, -0.2) is 4.98 Å². The number of aliphatic hydroxyl groups is 1. The van der Waals surface area contributed by atoms with Crippen molar-refractivity contribution in [2.45, 2.75) is 44.4 Å². The molecule has 0 bridgehead atoms. The number of methoxy groups -OCH3 is 1. The summed E-state index contributed by atoms with van der Waals surface area (Å²) in [5.41, 5.74) is 5.07. The minimum atomic E-state index is -4.63. The summed E-state index contributed by atoms with van der Waals surface area (Å²) in [7, 11) is 4.40. The fraction of sp³-hybridized carbons (Fsp3) is 0.542. The fourth-order valence-corrected chi connectivity index (χ4v) is 4.42. The number of alkyl halides is 3. The molecule has 0 radical (unpaired) electrons. The van der Waals surface area contributed by atoms with Crippen molar-refractivity contribution in [3.63, 3.8) is 0 Å². The summed E-state index contributed by atoms with van der Waals surface area (Å²) >= 11 is 0. The van der Waals surface area contributed by atoms with Crippen LogP contribution in [0.4, 0.5) is 30.4 Å². The van der Waals surface area contributed by atoms with Gasteiger partial charge >= 0.3 is 6.18 Å². The third-order valence-corrected chi connectivity index (χ3v) is 6.62. The Morgan fingerprint density at radius 1 is 1.39 bits per heavy atom. The zero-order chi connectivity index (χ0) is 28.2. The van der Waals surface area contributed by atoms with E-state index >= 15 is 0 Å². The standard InChI is InChI=1S/C24H34F3N7O4/c1-14-9-16(33(3)23(36)31-19-10-15(24(25,26)27)13-32(2)22(19)35)5-6-34(14)17-11-18(20(28)30-12-17)21(29)38-8-7-37-4/h10-14,16,23,29,31,36H,5-9H2,1-4H3,(H2,28,30)/t14-,16?,23?/m1/s1. The molecule has 0 spiro atoms. The van der Waals surface area contributed by atoms with Gasteiger partial charge < -0.3 is 35.1 Å². The van der Waals surface area contributed by atoms with E-state index in [1.165, 1.54) is 14.2 Å². The Kier molecular flexibility index (Phi) is 9.22. The number of aromatic nitrogens is 2. The van der Waals surface area contributed by atoms with Crippen LogP contribution in [-0.4, -0.2) is 77.8 Å². The maximum Gasteiger partial charge on any atom is 0.417 e. The van der Waals surface area contributed by atoms with Crippen molar-refractivity contribution in [1.29, 1.82) is 5.41 Å². The number of hydrogen-bond acceptors (Lipinski definition) is 10. The van der Waals surface area contributed by atoms with Crippen LogP contribution in [-0.2, 0) is 22.7 Å². The Balaban J connectivity index is 1.68. The Hall–Kier alpha value is -3.36. The van der Waals surface area contributed by atoms with Crippen LogP contribution in [0.5, 0.6) is 0 Å². The summed E-state index contributed by atoms with van der Waals surface area (Å²) < 4.78 is 50.7. The van der Waals surface area contributed by atoms with E-state index in [9.17, 15) is 23.1 Å². The van der Waals surface area contributed by atoms with Gasteiger partial charge in [-0.3, -0.25) is 15.1 Å². The second-order valence-corrected chi connectivity index (χ2v) is 9.26. The number of rotatable bonds is 9. The van der Waals surface area contributed by atoms with Gasteiger partial charge in [-0.2, -0.15) is 13.2 Å². The smallest absolute Gasteiger partial charge is 0.417 e. The van der Waals surface area contributed by atoms with Gasteiger partial charge in [0.05, 0.1) is 29.6 Å². The maximum absolute atomic E-state index is 13.2. The molecular weight excluding hydrogens is 507 g/mol. The normalized spacial score (nSPS) is 18.9. The van der Waals surface area contributed by atoms with Gasteiger partial charge in [0.15, 0.2) is 6.35 Å². The molecule has 1 fully saturated rings. The molecule has 1 aliphatic rings. The highest BCUT2D eigenvalue weighted by Crippen LogP contribution is 2.31. The predicted molar refractivity (Wildman–Crippen MR) is 137 cm³/mol. The van der Waals surface area contributed by atoms with Crippen LogP contribution in [0.3, 0.4) is 0 Å². The van der Waals surface area contributed by atoms with Gasteiger partial charge in [-0.15, -0.1) is 0 Å². The summed E-state index contributed by atoms with van der Waals surface area (Å²) in [6, 6.07) is 2.31. The van der Waals surface area contributed by atoms with Crippen molar-refractivity contribution in [3.05, 3.63) is 46.0 Å². The van der Waals surface area contributed by atoms with E-state index in [2.05, 4.69) is 15.2 Å². The summed E-state index contributed by atoms with van der Waals surface area (Å²) in [6.45, 7) is 3.11. The fourth-order valence-electron chi connectivity index (χ4n) is 4.42. The van der Waals surface area contributed by atoms with E-state index in [0.717, 1.165) is 10.3 Å². The summed E-state index contributed by atoms with van der Waals surface area (Å²) in [6.07, 6.45) is -2.46. The van der Waals surface area contributed by atoms with Crippen molar-refractivity contribution < 1.29 is 27.8 Å². The molecule has 3 rings (SSSR count). The highest BCUT2D eigenvalue weighted by Gasteiger charge is 2.34. The minimum absolute atomic E-state index is 0.00769. The number of aliphatic hydroxyl groups excluding tert-OH is 1. The van der Waals surface area contributed by atoms with Crippen molar-refractivity contribution in [3.8, 4) is 0 Å². The molecule has 3 atom stereocenters. The number of pyridine rings is 2. The van der Waals surface area contributed by atoms with Crippen molar-refractivity contribution in [2.75, 3.05) is 49.9 Å². The first-order valence-corrected chi connectivity index (χ1v) is 12.0. The highest BCUT2D eigenvalue weighted by atomic mass is 19.4. The molecule has 38 heavy (non-hydrogen) atoms. The summed E-state index contributed by atoms with van der Waals surface area (Å²) in [5, 5.41) is 21.4. The lowest BCUT2D eigenvalue weighted by molar-refractivity contribution is -0.138. The van der Waals surface area contributed by atoms with Gasteiger partial charge in [0, 0.05) is 39.0 Å². The average Bonchev–Trinajstić information content (AvgIpc) is 2.86. The number of nitrogen functional groups attached to an aromatic ring is 1. The Morgan fingerprint density at radius 3 is 2.74 bits per heavy atom. The topological polar surface area (TPSA) is 142 Å². The lowest BCUT2D eigenvalue weighted by Crippen LogP contribution is -2.52. The van der Waals surface area contributed by atoms with Crippen LogP contribution < -0.4 is 21.5 Å². The first kappa shape index (κ1) is 29.2. The number of hydrogen-bond donors (Lipinski definition) is 4. The van der Waals surface area contributed by atoms with Gasteiger partial charge in [-0.05, 0) is 38.9 Å². The molecular formula is C24H34F3N7O4. The van der Waals surface area contributed by atoms with Crippen LogP contribution in [0.15, 0.2) is 29.3 Å². The van der Waals surface area contributed by atoms with E-state index in [1.54, 1.807) is 24.2 Å². The number of halogens is 3. The number of nitrogens with two attached hydrogens (primary N) is 1. The maximum atomic E-state index is 13.2. The predicted octanol–water partition coefficient (Wildman–Crippen LogP) is 2.05. The first-order chi connectivity index (χ1) is 17.8. The van der Waals surface area contributed by atoms with Crippen LogP contribution in [0.1, 0.15) is 30.9 Å².